The lowest BCUT2D eigenvalue weighted by atomic mass is 10.1. The molecule has 0 fully saturated rings. The Balaban J connectivity index is 2.15. The smallest absolute Gasteiger partial charge is 0.164 e. The lowest BCUT2D eigenvalue weighted by molar-refractivity contribution is 0.281. The minimum atomic E-state index is 0.224. The van der Waals surface area contributed by atoms with E-state index in [-0.39, 0.29) is 6.04 Å². The first-order chi connectivity index (χ1) is 10.2. The molecule has 0 saturated heterocycles. The third kappa shape index (κ3) is 4.04. The third-order valence-electron chi connectivity index (χ3n) is 3.36. The second kappa shape index (κ2) is 7.56. The van der Waals surface area contributed by atoms with Crippen molar-refractivity contribution in [2.24, 2.45) is 0 Å². The van der Waals surface area contributed by atoms with Crippen molar-refractivity contribution in [3.8, 4) is 5.75 Å². The molecule has 2 rings (SSSR count). The van der Waals surface area contributed by atoms with Gasteiger partial charge in [0.25, 0.3) is 0 Å². The van der Waals surface area contributed by atoms with Gasteiger partial charge >= 0.3 is 0 Å². The average Bonchev–Trinajstić information content (AvgIpc) is 2.92. The van der Waals surface area contributed by atoms with Crippen LogP contribution in [0, 0.1) is 0 Å². The molecule has 21 heavy (non-hydrogen) atoms. The summed E-state index contributed by atoms with van der Waals surface area (Å²) in [6.45, 7) is 5.50. The van der Waals surface area contributed by atoms with E-state index in [9.17, 15) is 0 Å². The number of aromatic nitrogens is 3. The first-order valence-electron chi connectivity index (χ1n) is 7.12. The van der Waals surface area contributed by atoms with Gasteiger partial charge in [0.05, 0.1) is 0 Å². The van der Waals surface area contributed by atoms with E-state index in [0.29, 0.717) is 6.61 Å². The molecule has 0 aliphatic rings. The summed E-state index contributed by atoms with van der Waals surface area (Å²) in [5, 5.41) is 7.45. The van der Waals surface area contributed by atoms with Crippen LogP contribution < -0.4 is 10.1 Å². The van der Waals surface area contributed by atoms with Crippen LogP contribution >= 0.6 is 15.9 Å². The molecule has 2 aromatic rings. The number of hydrogen-bond donors (Lipinski definition) is 1. The molecule has 5 nitrogen and oxygen atoms in total. The summed E-state index contributed by atoms with van der Waals surface area (Å²) in [5.74, 6) is 1.71. The van der Waals surface area contributed by atoms with Crippen molar-refractivity contribution in [3.05, 3.63) is 40.4 Å². The zero-order valence-electron chi connectivity index (χ0n) is 12.6. The molecule has 0 amide bonds. The Morgan fingerprint density at radius 1 is 1.43 bits per heavy atom. The van der Waals surface area contributed by atoms with Gasteiger partial charge in [0.2, 0.25) is 0 Å². The molecule has 0 aliphatic heterocycles. The number of nitrogens with one attached hydrogen (secondary N) is 1. The number of benzene rings is 1. The molecule has 1 atom stereocenters. The SMILES string of the molecule is CCCn1ncnc1COc1cc(Br)ccc1C(C)NC. The summed E-state index contributed by atoms with van der Waals surface area (Å²) in [6.07, 6.45) is 2.60. The fourth-order valence-corrected chi connectivity index (χ4v) is 2.43. The molecular formula is C15H21BrN4O. The van der Waals surface area contributed by atoms with Crippen LogP contribution in [0.1, 0.15) is 37.7 Å². The summed E-state index contributed by atoms with van der Waals surface area (Å²) in [6, 6.07) is 6.30. The van der Waals surface area contributed by atoms with E-state index in [0.717, 1.165) is 34.6 Å². The van der Waals surface area contributed by atoms with Gasteiger partial charge in [-0.25, -0.2) is 9.67 Å². The number of ether oxygens (including phenoxy) is 1. The van der Waals surface area contributed by atoms with Crippen molar-refractivity contribution in [3.63, 3.8) is 0 Å². The number of rotatable bonds is 7. The quantitative estimate of drug-likeness (QED) is 0.830. The van der Waals surface area contributed by atoms with Crippen LogP contribution in [0.2, 0.25) is 0 Å². The maximum atomic E-state index is 5.98. The molecule has 0 radical (unpaired) electrons. The van der Waals surface area contributed by atoms with Gasteiger partial charge in [0, 0.05) is 22.6 Å². The second-order valence-electron chi connectivity index (χ2n) is 4.88. The Bertz CT molecular complexity index is 585. The van der Waals surface area contributed by atoms with Gasteiger partial charge in [-0.1, -0.05) is 28.9 Å². The Morgan fingerprint density at radius 2 is 2.24 bits per heavy atom. The number of hydrogen-bond acceptors (Lipinski definition) is 4. The van der Waals surface area contributed by atoms with Crippen LogP contribution in [0.4, 0.5) is 0 Å². The van der Waals surface area contributed by atoms with Gasteiger partial charge < -0.3 is 10.1 Å². The topological polar surface area (TPSA) is 52.0 Å². The highest BCUT2D eigenvalue weighted by atomic mass is 79.9. The zero-order valence-corrected chi connectivity index (χ0v) is 14.2. The molecule has 1 heterocycles. The molecule has 1 aromatic carbocycles. The van der Waals surface area contributed by atoms with Gasteiger partial charge in [0.1, 0.15) is 18.7 Å². The molecular weight excluding hydrogens is 332 g/mol. The maximum absolute atomic E-state index is 5.98. The number of halogens is 1. The molecule has 1 aromatic heterocycles. The monoisotopic (exact) mass is 352 g/mol. The van der Waals surface area contributed by atoms with Crippen LogP contribution in [0.15, 0.2) is 29.0 Å². The Labute approximate surface area is 133 Å². The number of aryl methyl sites for hydroxylation is 1. The fourth-order valence-electron chi connectivity index (χ4n) is 2.09. The second-order valence-corrected chi connectivity index (χ2v) is 5.80. The van der Waals surface area contributed by atoms with Crippen LogP contribution in [-0.2, 0) is 13.2 Å². The van der Waals surface area contributed by atoms with E-state index in [1.165, 1.54) is 0 Å². The molecule has 0 aliphatic carbocycles. The molecule has 0 bridgehead atoms. The van der Waals surface area contributed by atoms with Crippen molar-refractivity contribution in [1.29, 1.82) is 0 Å². The lowest BCUT2D eigenvalue weighted by Gasteiger charge is -2.17. The molecule has 0 spiro atoms. The highest BCUT2D eigenvalue weighted by molar-refractivity contribution is 9.10. The van der Waals surface area contributed by atoms with Crippen molar-refractivity contribution < 1.29 is 4.74 Å². The van der Waals surface area contributed by atoms with Gasteiger partial charge in [-0.15, -0.1) is 0 Å². The largest absolute Gasteiger partial charge is 0.485 e. The first kappa shape index (κ1) is 16.0. The van der Waals surface area contributed by atoms with Crippen LogP contribution in [0.5, 0.6) is 5.75 Å². The molecule has 6 heteroatoms. The normalized spacial score (nSPS) is 12.4. The third-order valence-corrected chi connectivity index (χ3v) is 3.86. The van der Waals surface area contributed by atoms with E-state index < -0.39 is 0 Å². The van der Waals surface area contributed by atoms with Crippen molar-refractivity contribution in [2.75, 3.05) is 7.05 Å². The van der Waals surface area contributed by atoms with Crippen molar-refractivity contribution in [2.45, 2.75) is 39.5 Å². The van der Waals surface area contributed by atoms with E-state index in [1.54, 1.807) is 6.33 Å². The standard InChI is InChI=1S/C15H21BrN4O/c1-4-7-20-15(18-10-19-20)9-21-14-8-12(16)5-6-13(14)11(2)17-3/h5-6,8,10-11,17H,4,7,9H2,1-3H3. The number of nitrogens with zero attached hydrogens (tertiary/aromatic N) is 3. The van der Waals surface area contributed by atoms with Crippen molar-refractivity contribution in [1.82, 2.24) is 20.1 Å². The molecule has 1 N–H and O–H groups in total. The van der Waals surface area contributed by atoms with Crippen LogP contribution in [0.25, 0.3) is 0 Å². The highest BCUT2D eigenvalue weighted by Crippen LogP contribution is 2.29. The van der Waals surface area contributed by atoms with Crippen molar-refractivity contribution >= 4 is 15.9 Å². The summed E-state index contributed by atoms with van der Waals surface area (Å²) >= 11 is 3.49. The van der Waals surface area contributed by atoms with Gasteiger partial charge in [-0.3, -0.25) is 0 Å². The van der Waals surface area contributed by atoms with Gasteiger partial charge in [0.15, 0.2) is 5.82 Å². The molecule has 114 valence electrons. The van der Waals surface area contributed by atoms with E-state index in [1.807, 2.05) is 23.9 Å². The average molecular weight is 353 g/mol. The van der Waals surface area contributed by atoms with Crippen LogP contribution in [-0.4, -0.2) is 21.8 Å². The Kier molecular flexibility index (Phi) is 5.76. The molecule has 1 unspecified atom stereocenters. The Morgan fingerprint density at radius 3 is 2.95 bits per heavy atom. The lowest BCUT2D eigenvalue weighted by Crippen LogP contribution is -2.14. The van der Waals surface area contributed by atoms with E-state index in [2.05, 4.69) is 51.2 Å². The Hall–Kier alpha value is -1.40. The summed E-state index contributed by atoms with van der Waals surface area (Å²) < 4.78 is 8.87. The maximum Gasteiger partial charge on any atom is 0.164 e. The minimum absolute atomic E-state index is 0.224. The summed E-state index contributed by atoms with van der Waals surface area (Å²) in [5.41, 5.74) is 1.13. The van der Waals surface area contributed by atoms with Gasteiger partial charge in [-0.2, -0.15) is 5.10 Å². The first-order valence-corrected chi connectivity index (χ1v) is 7.91. The van der Waals surface area contributed by atoms with Crippen LogP contribution in [0.3, 0.4) is 0 Å². The summed E-state index contributed by atoms with van der Waals surface area (Å²) in [4.78, 5) is 4.27. The summed E-state index contributed by atoms with van der Waals surface area (Å²) in [7, 11) is 1.94. The molecule has 0 saturated carbocycles. The zero-order chi connectivity index (χ0) is 15.2. The highest BCUT2D eigenvalue weighted by Gasteiger charge is 2.12. The predicted octanol–water partition coefficient (Wildman–Crippen LogP) is 3.31. The minimum Gasteiger partial charge on any atom is -0.485 e. The fraction of sp³-hybridized carbons (Fsp3) is 0.467. The predicted molar refractivity (Wildman–Crippen MR) is 86.3 cm³/mol. The van der Waals surface area contributed by atoms with Gasteiger partial charge in [-0.05, 0) is 32.5 Å². The van der Waals surface area contributed by atoms with E-state index >= 15 is 0 Å². The van der Waals surface area contributed by atoms with E-state index in [4.69, 9.17) is 4.74 Å².